The Morgan fingerprint density at radius 3 is 2.55 bits per heavy atom. The van der Waals surface area contributed by atoms with Crippen LogP contribution in [0.15, 0.2) is 24.3 Å². The Morgan fingerprint density at radius 2 is 2.00 bits per heavy atom. The van der Waals surface area contributed by atoms with Gasteiger partial charge in [0.15, 0.2) is 0 Å². The number of ether oxygens (including phenoxy) is 1. The van der Waals surface area contributed by atoms with E-state index in [1.807, 2.05) is 31.2 Å². The Labute approximate surface area is 133 Å². The maximum Gasteiger partial charge on any atom is 0.322 e. The Bertz CT molecular complexity index is 481. The summed E-state index contributed by atoms with van der Waals surface area (Å²) in [6.07, 6.45) is 0. The number of rotatable bonds is 7. The van der Waals surface area contributed by atoms with Crippen LogP contribution in [0.1, 0.15) is 34.6 Å². The fourth-order valence-corrected chi connectivity index (χ4v) is 1.94. The second kappa shape index (κ2) is 8.03. The van der Waals surface area contributed by atoms with Crippen LogP contribution >= 0.6 is 0 Å². The molecule has 1 rings (SSSR count). The summed E-state index contributed by atoms with van der Waals surface area (Å²) in [4.78, 5) is 13.9. The van der Waals surface area contributed by atoms with Crippen LogP contribution in [-0.4, -0.2) is 41.3 Å². The molecule has 5 nitrogen and oxygen atoms in total. The lowest BCUT2D eigenvalue weighted by Crippen LogP contribution is -2.44. The average Bonchev–Trinajstić information content (AvgIpc) is 2.42. The van der Waals surface area contributed by atoms with Crippen LogP contribution in [0.25, 0.3) is 0 Å². The van der Waals surface area contributed by atoms with Crippen molar-refractivity contribution in [3.63, 3.8) is 0 Å². The summed E-state index contributed by atoms with van der Waals surface area (Å²) in [6.45, 7) is 10.8. The van der Waals surface area contributed by atoms with Crippen LogP contribution in [0.4, 0.5) is 10.5 Å². The van der Waals surface area contributed by atoms with E-state index < -0.39 is 5.60 Å². The van der Waals surface area contributed by atoms with Crippen molar-refractivity contribution in [2.45, 2.75) is 40.2 Å². The lowest BCUT2D eigenvalue weighted by atomic mass is 10.1. The zero-order valence-electron chi connectivity index (χ0n) is 14.2. The first kappa shape index (κ1) is 18.3. The highest BCUT2D eigenvalue weighted by Gasteiger charge is 2.21. The van der Waals surface area contributed by atoms with Crippen LogP contribution in [0.3, 0.4) is 0 Å². The Kier molecular flexibility index (Phi) is 6.68. The molecule has 0 unspecified atom stereocenters. The number of aliphatic hydroxyl groups is 1. The van der Waals surface area contributed by atoms with E-state index >= 15 is 0 Å². The fourth-order valence-electron chi connectivity index (χ4n) is 1.94. The Morgan fingerprint density at radius 1 is 1.36 bits per heavy atom. The van der Waals surface area contributed by atoms with Gasteiger partial charge in [-0.15, -0.1) is 0 Å². The molecular weight excluding hydrogens is 280 g/mol. The lowest BCUT2D eigenvalue weighted by molar-refractivity contribution is 0.0501. The van der Waals surface area contributed by atoms with Gasteiger partial charge in [0.1, 0.15) is 5.75 Å². The quantitative estimate of drug-likeness (QED) is 0.812. The standard InChI is InChI=1S/C17H28N2O3/c1-6-19(12-17(4,5)21)16(20)18-14-9-7-8-10-15(14)22-11-13(2)3/h7-10,13,21H,6,11-12H2,1-5H3,(H,18,20). The van der Waals surface area contributed by atoms with Crippen LogP contribution in [0.5, 0.6) is 5.75 Å². The second-order valence-corrected chi connectivity index (χ2v) is 6.46. The summed E-state index contributed by atoms with van der Waals surface area (Å²) in [5, 5.41) is 12.7. The maximum absolute atomic E-state index is 12.4. The average molecular weight is 308 g/mol. The molecule has 0 saturated carbocycles. The molecule has 0 radical (unpaired) electrons. The summed E-state index contributed by atoms with van der Waals surface area (Å²) < 4.78 is 5.73. The first-order valence-corrected chi connectivity index (χ1v) is 7.73. The van der Waals surface area contributed by atoms with Crippen LogP contribution < -0.4 is 10.1 Å². The summed E-state index contributed by atoms with van der Waals surface area (Å²) in [5.41, 5.74) is -0.288. The normalized spacial score (nSPS) is 11.4. The van der Waals surface area contributed by atoms with Gasteiger partial charge in [0.05, 0.1) is 24.4 Å². The predicted molar refractivity (Wildman–Crippen MR) is 89.3 cm³/mol. The highest BCUT2D eigenvalue weighted by atomic mass is 16.5. The van der Waals surface area contributed by atoms with Gasteiger partial charge in [-0.05, 0) is 38.8 Å². The molecule has 0 aromatic heterocycles. The van der Waals surface area contributed by atoms with E-state index in [2.05, 4.69) is 19.2 Å². The van der Waals surface area contributed by atoms with Crippen LogP contribution in [0.2, 0.25) is 0 Å². The zero-order chi connectivity index (χ0) is 16.8. The number of carbonyl (C=O) groups is 1. The highest BCUT2D eigenvalue weighted by molar-refractivity contribution is 5.91. The topological polar surface area (TPSA) is 61.8 Å². The predicted octanol–water partition coefficient (Wildman–Crippen LogP) is 3.35. The third-order valence-electron chi connectivity index (χ3n) is 2.95. The molecule has 2 amide bonds. The number of para-hydroxylation sites is 2. The minimum Gasteiger partial charge on any atom is -0.491 e. The number of urea groups is 1. The molecule has 0 bridgehead atoms. The highest BCUT2D eigenvalue weighted by Crippen LogP contribution is 2.24. The summed E-state index contributed by atoms with van der Waals surface area (Å²) in [7, 11) is 0. The van der Waals surface area contributed by atoms with Gasteiger partial charge in [0.2, 0.25) is 0 Å². The van der Waals surface area contributed by atoms with Crippen molar-refractivity contribution in [3.05, 3.63) is 24.3 Å². The molecule has 0 fully saturated rings. The van der Waals surface area contributed by atoms with Gasteiger partial charge in [0, 0.05) is 6.54 Å². The van der Waals surface area contributed by atoms with Gasteiger partial charge in [-0.25, -0.2) is 4.79 Å². The minimum absolute atomic E-state index is 0.245. The maximum atomic E-state index is 12.4. The number of hydrogen-bond donors (Lipinski definition) is 2. The van der Waals surface area contributed by atoms with Crippen molar-refractivity contribution in [1.29, 1.82) is 0 Å². The number of nitrogens with one attached hydrogen (secondary N) is 1. The molecule has 0 heterocycles. The van der Waals surface area contributed by atoms with Crippen molar-refractivity contribution in [3.8, 4) is 5.75 Å². The number of benzene rings is 1. The van der Waals surface area contributed by atoms with Crippen molar-refractivity contribution >= 4 is 11.7 Å². The smallest absolute Gasteiger partial charge is 0.322 e. The number of nitrogens with zero attached hydrogens (tertiary/aromatic N) is 1. The van der Waals surface area contributed by atoms with Crippen LogP contribution in [0, 0.1) is 5.92 Å². The van der Waals surface area contributed by atoms with Gasteiger partial charge in [-0.3, -0.25) is 0 Å². The molecule has 124 valence electrons. The number of carbonyl (C=O) groups excluding carboxylic acids is 1. The summed E-state index contributed by atoms with van der Waals surface area (Å²) >= 11 is 0. The first-order valence-electron chi connectivity index (χ1n) is 7.73. The number of anilines is 1. The molecular formula is C17H28N2O3. The van der Waals surface area contributed by atoms with Gasteiger partial charge in [0.25, 0.3) is 0 Å². The first-order chi connectivity index (χ1) is 10.2. The third-order valence-corrected chi connectivity index (χ3v) is 2.95. The Balaban J connectivity index is 2.78. The number of hydrogen-bond acceptors (Lipinski definition) is 3. The second-order valence-electron chi connectivity index (χ2n) is 6.46. The molecule has 0 aliphatic carbocycles. The third kappa shape index (κ3) is 6.35. The SMILES string of the molecule is CCN(CC(C)(C)O)C(=O)Nc1ccccc1OCC(C)C. The Hall–Kier alpha value is -1.75. The molecule has 22 heavy (non-hydrogen) atoms. The van der Waals surface area contributed by atoms with Crippen molar-refractivity contribution in [2.24, 2.45) is 5.92 Å². The summed E-state index contributed by atoms with van der Waals surface area (Å²) in [6, 6.07) is 7.13. The molecule has 0 saturated heterocycles. The van der Waals surface area contributed by atoms with Gasteiger partial charge < -0.3 is 20.1 Å². The van der Waals surface area contributed by atoms with E-state index in [1.165, 1.54) is 0 Å². The van der Waals surface area contributed by atoms with Crippen LogP contribution in [-0.2, 0) is 0 Å². The van der Waals surface area contributed by atoms with E-state index in [4.69, 9.17) is 4.74 Å². The van der Waals surface area contributed by atoms with Gasteiger partial charge >= 0.3 is 6.03 Å². The zero-order valence-corrected chi connectivity index (χ0v) is 14.2. The summed E-state index contributed by atoms with van der Waals surface area (Å²) in [5.74, 6) is 1.06. The van der Waals surface area contributed by atoms with E-state index in [-0.39, 0.29) is 12.6 Å². The van der Waals surface area contributed by atoms with Gasteiger partial charge in [-0.2, -0.15) is 0 Å². The van der Waals surface area contributed by atoms with Crippen molar-refractivity contribution in [1.82, 2.24) is 4.90 Å². The van der Waals surface area contributed by atoms with Crippen molar-refractivity contribution < 1.29 is 14.6 Å². The molecule has 1 aromatic rings. The number of amides is 2. The van der Waals surface area contributed by atoms with E-state index in [0.717, 1.165) is 0 Å². The largest absolute Gasteiger partial charge is 0.491 e. The molecule has 1 aromatic carbocycles. The van der Waals surface area contributed by atoms with E-state index in [0.29, 0.717) is 30.5 Å². The van der Waals surface area contributed by atoms with E-state index in [1.54, 1.807) is 18.7 Å². The molecule has 0 aliphatic heterocycles. The monoisotopic (exact) mass is 308 g/mol. The molecule has 0 aliphatic rings. The van der Waals surface area contributed by atoms with E-state index in [9.17, 15) is 9.90 Å². The molecule has 5 heteroatoms. The van der Waals surface area contributed by atoms with Gasteiger partial charge in [-0.1, -0.05) is 26.0 Å². The number of likely N-dealkylation sites (N-methyl/N-ethyl adjacent to an activating group) is 1. The lowest BCUT2D eigenvalue weighted by Gasteiger charge is -2.28. The molecule has 0 spiro atoms. The molecule has 2 N–H and O–H groups in total. The fraction of sp³-hybridized carbons (Fsp3) is 0.588. The molecule has 0 atom stereocenters. The minimum atomic E-state index is -0.930. The van der Waals surface area contributed by atoms with Crippen molar-refractivity contribution in [2.75, 3.05) is 25.0 Å².